The fourth-order valence-corrected chi connectivity index (χ4v) is 3.39. The Kier molecular flexibility index (Phi) is 5.51. The van der Waals surface area contributed by atoms with E-state index in [0.717, 1.165) is 19.5 Å². The van der Waals surface area contributed by atoms with Crippen LogP contribution < -0.4 is 10.6 Å². The van der Waals surface area contributed by atoms with Crippen molar-refractivity contribution >= 4 is 17.8 Å². The maximum atomic E-state index is 5.57. The summed E-state index contributed by atoms with van der Waals surface area (Å²) < 4.78 is 5.93. The van der Waals surface area contributed by atoms with Gasteiger partial charge in [0.2, 0.25) is 5.89 Å². The van der Waals surface area contributed by atoms with E-state index in [1.165, 1.54) is 25.7 Å². The van der Waals surface area contributed by atoms with Crippen LogP contribution in [0, 0.1) is 0 Å². The van der Waals surface area contributed by atoms with Crippen molar-refractivity contribution in [2.75, 3.05) is 24.7 Å². The number of nitrogens with one attached hydrogen (secondary N) is 2. The number of thioether (sulfide) groups is 1. The number of rotatable bonds is 8. The SMILES string of the molecule is CCCNCc1nnc(NCC2(SC)CCCC2)o1. The number of anilines is 1. The Labute approximate surface area is 119 Å². The van der Waals surface area contributed by atoms with Crippen molar-refractivity contribution in [2.24, 2.45) is 0 Å². The van der Waals surface area contributed by atoms with Crippen LogP contribution in [-0.4, -0.2) is 34.3 Å². The molecule has 0 spiro atoms. The molecule has 0 amide bonds. The molecule has 108 valence electrons. The maximum absolute atomic E-state index is 5.57. The summed E-state index contributed by atoms with van der Waals surface area (Å²) in [6, 6.07) is 0.550. The summed E-state index contributed by atoms with van der Waals surface area (Å²) in [5.74, 6) is 0.653. The molecule has 0 unspecified atom stereocenters. The van der Waals surface area contributed by atoms with E-state index in [1.54, 1.807) is 0 Å². The highest BCUT2D eigenvalue weighted by atomic mass is 32.2. The summed E-state index contributed by atoms with van der Waals surface area (Å²) >= 11 is 1.96. The standard InChI is InChI=1S/C13H24N4OS/c1-3-8-14-9-11-16-17-12(18-11)15-10-13(19-2)6-4-5-7-13/h14H,3-10H2,1-2H3,(H,15,17). The van der Waals surface area contributed by atoms with Crippen LogP contribution in [-0.2, 0) is 6.54 Å². The van der Waals surface area contributed by atoms with E-state index < -0.39 is 0 Å². The first kappa shape index (κ1) is 14.7. The zero-order chi connectivity index (χ0) is 13.6. The molecule has 1 aromatic rings. The monoisotopic (exact) mass is 284 g/mol. The van der Waals surface area contributed by atoms with Gasteiger partial charge in [-0.15, -0.1) is 5.10 Å². The van der Waals surface area contributed by atoms with Gasteiger partial charge in [0.05, 0.1) is 6.54 Å². The second-order valence-corrected chi connectivity index (χ2v) is 6.40. The molecule has 1 heterocycles. The van der Waals surface area contributed by atoms with Crippen molar-refractivity contribution in [2.45, 2.75) is 50.3 Å². The molecule has 0 saturated heterocycles. The molecule has 0 atom stereocenters. The molecule has 1 saturated carbocycles. The van der Waals surface area contributed by atoms with Gasteiger partial charge in [0.15, 0.2) is 0 Å². The molecule has 0 bridgehead atoms. The fraction of sp³-hybridized carbons (Fsp3) is 0.846. The largest absolute Gasteiger partial charge is 0.407 e. The molecule has 5 nitrogen and oxygen atoms in total. The number of hydrogen-bond acceptors (Lipinski definition) is 6. The molecule has 19 heavy (non-hydrogen) atoms. The Morgan fingerprint density at radius 1 is 1.32 bits per heavy atom. The van der Waals surface area contributed by atoms with Crippen LogP contribution in [0.25, 0.3) is 0 Å². The minimum absolute atomic E-state index is 0.356. The molecule has 1 aliphatic carbocycles. The van der Waals surface area contributed by atoms with E-state index in [4.69, 9.17) is 4.42 Å². The van der Waals surface area contributed by atoms with E-state index in [9.17, 15) is 0 Å². The topological polar surface area (TPSA) is 63.0 Å². The van der Waals surface area contributed by atoms with E-state index >= 15 is 0 Å². The zero-order valence-corrected chi connectivity index (χ0v) is 12.7. The molecule has 0 aromatic carbocycles. The first-order chi connectivity index (χ1) is 9.28. The van der Waals surface area contributed by atoms with Gasteiger partial charge in [-0.25, -0.2) is 0 Å². The molecule has 1 aliphatic rings. The quantitative estimate of drug-likeness (QED) is 0.716. The summed E-state index contributed by atoms with van der Waals surface area (Å²) in [4.78, 5) is 0. The summed E-state index contributed by atoms with van der Waals surface area (Å²) in [5, 5.41) is 14.6. The molecule has 1 fully saturated rings. The Hall–Kier alpha value is -0.750. The van der Waals surface area contributed by atoms with Gasteiger partial charge >= 0.3 is 6.01 Å². The molecule has 2 rings (SSSR count). The maximum Gasteiger partial charge on any atom is 0.315 e. The number of nitrogens with zero attached hydrogens (tertiary/aromatic N) is 2. The minimum Gasteiger partial charge on any atom is -0.407 e. The van der Waals surface area contributed by atoms with E-state index in [2.05, 4.69) is 34.0 Å². The van der Waals surface area contributed by atoms with E-state index in [1.807, 2.05) is 11.8 Å². The van der Waals surface area contributed by atoms with E-state index in [-0.39, 0.29) is 0 Å². The predicted octanol–water partition coefficient (Wildman–Crippen LogP) is 2.66. The minimum atomic E-state index is 0.356. The zero-order valence-electron chi connectivity index (χ0n) is 11.9. The van der Waals surface area contributed by atoms with Crippen LogP contribution in [0.2, 0.25) is 0 Å². The van der Waals surface area contributed by atoms with Crippen LogP contribution in [0.3, 0.4) is 0 Å². The summed E-state index contributed by atoms with van der Waals surface area (Å²) in [7, 11) is 0. The van der Waals surface area contributed by atoms with E-state index in [0.29, 0.717) is 23.2 Å². The molecule has 2 N–H and O–H groups in total. The van der Waals surface area contributed by atoms with Gasteiger partial charge < -0.3 is 15.1 Å². The van der Waals surface area contributed by atoms with Crippen LogP contribution in [0.1, 0.15) is 44.9 Å². The van der Waals surface area contributed by atoms with Crippen molar-refractivity contribution < 1.29 is 4.42 Å². The number of hydrogen-bond donors (Lipinski definition) is 2. The third-order valence-corrected chi connectivity index (χ3v) is 5.10. The Morgan fingerprint density at radius 2 is 2.11 bits per heavy atom. The summed E-state index contributed by atoms with van der Waals surface area (Å²) in [5.41, 5.74) is 0. The van der Waals surface area contributed by atoms with Crippen LogP contribution in [0.15, 0.2) is 4.42 Å². The third-order valence-electron chi connectivity index (χ3n) is 3.68. The normalized spacial score (nSPS) is 17.8. The van der Waals surface area contributed by atoms with Crippen LogP contribution >= 0.6 is 11.8 Å². The molecule has 1 aromatic heterocycles. The molecule has 0 radical (unpaired) electrons. The highest BCUT2D eigenvalue weighted by molar-refractivity contribution is 8.00. The van der Waals surface area contributed by atoms with Gasteiger partial charge in [-0.1, -0.05) is 24.9 Å². The first-order valence-corrected chi connectivity index (χ1v) is 8.32. The van der Waals surface area contributed by atoms with Crippen molar-refractivity contribution in [3.05, 3.63) is 5.89 Å². The Balaban J connectivity index is 1.79. The average Bonchev–Trinajstić information content (AvgIpc) is 3.06. The highest BCUT2D eigenvalue weighted by Crippen LogP contribution is 2.40. The van der Waals surface area contributed by atoms with Crippen molar-refractivity contribution in [1.82, 2.24) is 15.5 Å². The lowest BCUT2D eigenvalue weighted by Crippen LogP contribution is -2.30. The summed E-state index contributed by atoms with van der Waals surface area (Å²) in [6.45, 7) is 4.67. The van der Waals surface area contributed by atoms with Crippen molar-refractivity contribution in [3.63, 3.8) is 0 Å². The van der Waals surface area contributed by atoms with Gasteiger partial charge in [-0.2, -0.15) is 11.8 Å². The van der Waals surface area contributed by atoms with Crippen molar-refractivity contribution in [1.29, 1.82) is 0 Å². The Morgan fingerprint density at radius 3 is 2.79 bits per heavy atom. The lowest BCUT2D eigenvalue weighted by atomic mass is 10.1. The molecule has 0 aliphatic heterocycles. The van der Waals surface area contributed by atoms with Gasteiger partial charge in [0.25, 0.3) is 0 Å². The highest BCUT2D eigenvalue weighted by Gasteiger charge is 2.33. The predicted molar refractivity (Wildman–Crippen MR) is 79.5 cm³/mol. The fourth-order valence-electron chi connectivity index (χ4n) is 2.48. The smallest absolute Gasteiger partial charge is 0.315 e. The second kappa shape index (κ2) is 7.14. The average molecular weight is 284 g/mol. The van der Waals surface area contributed by atoms with Gasteiger partial charge in [-0.05, 0) is 32.1 Å². The molecular formula is C13H24N4OS. The number of aromatic nitrogens is 2. The third kappa shape index (κ3) is 4.11. The van der Waals surface area contributed by atoms with Crippen LogP contribution in [0.5, 0.6) is 0 Å². The second-order valence-electron chi connectivity index (χ2n) is 5.13. The Bertz CT molecular complexity index is 376. The van der Waals surface area contributed by atoms with Gasteiger partial charge in [0.1, 0.15) is 0 Å². The van der Waals surface area contributed by atoms with Gasteiger partial charge in [0, 0.05) is 11.3 Å². The lowest BCUT2D eigenvalue weighted by Gasteiger charge is -2.26. The van der Waals surface area contributed by atoms with Crippen molar-refractivity contribution in [3.8, 4) is 0 Å². The first-order valence-electron chi connectivity index (χ1n) is 7.10. The molecule has 6 heteroatoms. The molecular weight excluding hydrogens is 260 g/mol. The summed E-state index contributed by atoms with van der Waals surface area (Å²) in [6.07, 6.45) is 8.52. The van der Waals surface area contributed by atoms with Gasteiger partial charge in [-0.3, -0.25) is 0 Å². The lowest BCUT2D eigenvalue weighted by molar-refractivity contribution is 0.474. The van der Waals surface area contributed by atoms with Crippen LogP contribution in [0.4, 0.5) is 6.01 Å².